The molecule has 1 aromatic heterocycles. The Morgan fingerprint density at radius 1 is 1.16 bits per heavy atom. The van der Waals surface area contributed by atoms with Crippen molar-refractivity contribution in [1.82, 2.24) is 15.2 Å². The summed E-state index contributed by atoms with van der Waals surface area (Å²) in [4.78, 5) is 39.1. The van der Waals surface area contributed by atoms with Crippen LogP contribution in [-0.4, -0.2) is 41.5 Å². The Kier molecular flexibility index (Phi) is 9.58. The number of ether oxygens (including phenoxy) is 1. The summed E-state index contributed by atoms with van der Waals surface area (Å²) in [7, 11) is 0. The number of carbonyl (C=O) groups excluding carboxylic acids is 3. The first-order valence-electron chi connectivity index (χ1n) is 14.0. The standard InChI is InChI=1S/C29H40FN3O4/c1-2-37-27(34)17-21(15-20-9-5-6-10-20)28(35)32-25-16-22-19-33(26-12-11-23(30)18-24(22)26)14-8-4-3-7-13-31-29(25)36/h11-12,18-21,25H,2-10,13-17H2,1H3,(H,31,36)(H,32,35)/t21-,25+/m1/s1. The molecule has 202 valence electrons. The molecule has 0 saturated heterocycles. The topological polar surface area (TPSA) is 89.4 Å². The number of fused-ring (bicyclic) bond motifs is 5. The first kappa shape index (κ1) is 27.1. The highest BCUT2D eigenvalue weighted by Crippen LogP contribution is 2.32. The van der Waals surface area contributed by atoms with E-state index in [1.54, 1.807) is 13.0 Å². The molecular formula is C29H40FN3O4. The number of hydrogen-bond acceptors (Lipinski definition) is 4. The molecule has 1 aromatic carbocycles. The van der Waals surface area contributed by atoms with Gasteiger partial charge < -0.3 is 19.9 Å². The van der Waals surface area contributed by atoms with E-state index in [-0.39, 0.29) is 37.1 Å². The van der Waals surface area contributed by atoms with E-state index in [1.165, 1.54) is 12.1 Å². The summed E-state index contributed by atoms with van der Waals surface area (Å²) < 4.78 is 21.5. The van der Waals surface area contributed by atoms with Gasteiger partial charge in [0.05, 0.1) is 13.0 Å². The molecule has 2 bridgehead atoms. The zero-order chi connectivity index (χ0) is 26.2. The van der Waals surface area contributed by atoms with Crippen LogP contribution in [-0.2, 0) is 32.1 Å². The Bertz CT molecular complexity index is 1090. The van der Waals surface area contributed by atoms with E-state index in [9.17, 15) is 18.8 Å². The van der Waals surface area contributed by atoms with Crippen LogP contribution in [0.2, 0.25) is 0 Å². The molecule has 0 unspecified atom stereocenters. The second kappa shape index (κ2) is 13.1. The zero-order valence-electron chi connectivity index (χ0n) is 21.9. The van der Waals surface area contributed by atoms with Crippen molar-refractivity contribution in [2.75, 3.05) is 13.2 Å². The van der Waals surface area contributed by atoms with Crippen LogP contribution in [0.4, 0.5) is 4.39 Å². The van der Waals surface area contributed by atoms with E-state index in [2.05, 4.69) is 15.2 Å². The number of aryl methyl sites for hydroxylation is 1. The quantitative estimate of drug-likeness (QED) is 0.528. The summed E-state index contributed by atoms with van der Waals surface area (Å²) >= 11 is 0. The van der Waals surface area contributed by atoms with Gasteiger partial charge in [-0.05, 0) is 55.9 Å². The van der Waals surface area contributed by atoms with E-state index >= 15 is 0 Å². The average Bonchev–Trinajstić information content (AvgIpc) is 3.50. The summed E-state index contributed by atoms with van der Waals surface area (Å²) in [5, 5.41) is 6.72. The highest BCUT2D eigenvalue weighted by atomic mass is 19.1. The van der Waals surface area contributed by atoms with Gasteiger partial charge in [0, 0.05) is 42.5 Å². The molecule has 2 amide bonds. The molecule has 4 rings (SSSR count). The predicted molar refractivity (Wildman–Crippen MR) is 140 cm³/mol. The van der Waals surface area contributed by atoms with Gasteiger partial charge in [-0.25, -0.2) is 4.39 Å². The van der Waals surface area contributed by atoms with Gasteiger partial charge in [-0.15, -0.1) is 0 Å². The molecule has 2 atom stereocenters. The molecule has 0 radical (unpaired) electrons. The molecule has 37 heavy (non-hydrogen) atoms. The minimum atomic E-state index is -0.816. The maximum Gasteiger partial charge on any atom is 0.306 e. The Hall–Kier alpha value is -2.90. The van der Waals surface area contributed by atoms with Crippen molar-refractivity contribution >= 4 is 28.7 Å². The fourth-order valence-corrected chi connectivity index (χ4v) is 5.86. The number of carbonyl (C=O) groups is 3. The lowest BCUT2D eigenvalue weighted by Gasteiger charge is -2.24. The number of rotatable bonds is 7. The minimum absolute atomic E-state index is 0.00896. The molecule has 2 aromatic rings. The lowest BCUT2D eigenvalue weighted by Crippen LogP contribution is -2.50. The summed E-state index contributed by atoms with van der Waals surface area (Å²) in [6, 6.07) is 3.93. The zero-order valence-corrected chi connectivity index (χ0v) is 21.9. The van der Waals surface area contributed by atoms with Crippen LogP contribution in [0.3, 0.4) is 0 Å². The number of benzene rings is 1. The maximum absolute atomic E-state index is 14.2. The number of halogens is 1. The maximum atomic E-state index is 14.2. The molecular weight excluding hydrogens is 473 g/mol. The molecule has 8 heteroatoms. The SMILES string of the molecule is CCOC(=O)C[C@@H](CC1CCCC1)C(=O)N[C@H]1Cc2cn(c3ccc(F)cc23)CCCCCCNC1=O. The van der Waals surface area contributed by atoms with Crippen molar-refractivity contribution in [2.24, 2.45) is 11.8 Å². The van der Waals surface area contributed by atoms with Gasteiger partial charge in [0.2, 0.25) is 11.8 Å². The van der Waals surface area contributed by atoms with Gasteiger partial charge in [0.25, 0.3) is 0 Å². The van der Waals surface area contributed by atoms with Gasteiger partial charge in [0.1, 0.15) is 11.9 Å². The van der Waals surface area contributed by atoms with Crippen molar-refractivity contribution in [2.45, 2.75) is 90.1 Å². The Balaban J connectivity index is 1.58. The molecule has 2 N–H and O–H groups in total. The minimum Gasteiger partial charge on any atom is -0.466 e. The second-order valence-electron chi connectivity index (χ2n) is 10.6. The lowest BCUT2D eigenvalue weighted by atomic mass is 9.89. The first-order chi connectivity index (χ1) is 17.9. The normalized spacial score (nSPS) is 20.4. The molecule has 7 nitrogen and oxygen atoms in total. The van der Waals surface area contributed by atoms with Crippen molar-refractivity contribution in [3.05, 3.63) is 35.8 Å². The van der Waals surface area contributed by atoms with E-state index in [4.69, 9.17) is 4.74 Å². The smallest absolute Gasteiger partial charge is 0.306 e. The van der Waals surface area contributed by atoms with Crippen molar-refractivity contribution in [1.29, 1.82) is 0 Å². The van der Waals surface area contributed by atoms with Crippen LogP contribution in [0.1, 0.15) is 76.7 Å². The lowest BCUT2D eigenvalue weighted by molar-refractivity contribution is -0.147. The molecule has 1 aliphatic heterocycles. The highest BCUT2D eigenvalue weighted by Gasteiger charge is 2.31. The number of nitrogens with zero attached hydrogens (tertiary/aromatic N) is 1. The number of nitrogens with one attached hydrogen (secondary N) is 2. The largest absolute Gasteiger partial charge is 0.466 e. The molecule has 1 saturated carbocycles. The fraction of sp³-hybridized carbons (Fsp3) is 0.621. The molecule has 1 fully saturated rings. The van der Waals surface area contributed by atoms with Crippen LogP contribution in [0, 0.1) is 17.7 Å². The third kappa shape index (κ3) is 7.33. The van der Waals surface area contributed by atoms with Gasteiger partial charge in [-0.3, -0.25) is 14.4 Å². The van der Waals surface area contributed by atoms with Gasteiger partial charge >= 0.3 is 5.97 Å². The molecule has 1 aliphatic carbocycles. The van der Waals surface area contributed by atoms with E-state index in [0.29, 0.717) is 18.9 Å². The van der Waals surface area contributed by atoms with E-state index < -0.39 is 17.9 Å². The predicted octanol–water partition coefficient (Wildman–Crippen LogP) is 4.65. The Labute approximate surface area is 218 Å². The summed E-state index contributed by atoms with van der Waals surface area (Å²) in [6.07, 6.45) is 11.2. The van der Waals surface area contributed by atoms with E-state index in [0.717, 1.165) is 74.4 Å². The van der Waals surface area contributed by atoms with Gasteiger partial charge in [-0.2, -0.15) is 0 Å². The fourth-order valence-electron chi connectivity index (χ4n) is 5.86. The molecule has 2 heterocycles. The van der Waals surface area contributed by atoms with Crippen molar-refractivity contribution in [3.63, 3.8) is 0 Å². The van der Waals surface area contributed by atoms with Crippen LogP contribution in [0.15, 0.2) is 24.4 Å². The van der Waals surface area contributed by atoms with Crippen LogP contribution < -0.4 is 10.6 Å². The highest BCUT2D eigenvalue weighted by molar-refractivity contribution is 5.91. The van der Waals surface area contributed by atoms with Crippen molar-refractivity contribution in [3.8, 4) is 0 Å². The number of esters is 1. The van der Waals surface area contributed by atoms with E-state index in [1.807, 2.05) is 6.20 Å². The van der Waals surface area contributed by atoms with Crippen LogP contribution in [0.5, 0.6) is 0 Å². The van der Waals surface area contributed by atoms with Crippen LogP contribution in [0.25, 0.3) is 10.9 Å². The molecule has 0 spiro atoms. The van der Waals surface area contributed by atoms with Crippen molar-refractivity contribution < 1.29 is 23.5 Å². The van der Waals surface area contributed by atoms with Gasteiger partial charge in [0.15, 0.2) is 0 Å². The van der Waals surface area contributed by atoms with Gasteiger partial charge in [-0.1, -0.05) is 38.5 Å². The summed E-state index contributed by atoms with van der Waals surface area (Å²) in [5.74, 6) is -1.40. The molecule has 2 aliphatic rings. The average molecular weight is 514 g/mol. The summed E-state index contributed by atoms with van der Waals surface area (Å²) in [6.45, 7) is 3.39. The third-order valence-electron chi connectivity index (χ3n) is 7.79. The monoisotopic (exact) mass is 513 g/mol. The second-order valence-corrected chi connectivity index (χ2v) is 10.6. The number of aromatic nitrogens is 1. The Morgan fingerprint density at radius 2 is 1.95 bits per heavy atom. The van der Waals surface area contributed by atoms with Crippen LogP contribution >= 0.6 is 0 Å². The number of hydrogen-bond donors (Lipinski definition) is 2. The first-order valence-corrected chi connectivity index (χ1v) is 14.0. The Morgan fingerprint density at radius 3 is 2.73 bits per heavy atom. The summed E-state index contributed by atoms with van der Waals surface area (Å²) in [5.41, 5.74) is 1.76. The number of amides is 2. The third-order valence-corrected chi connectivity index (χ3v) is 7.79.